The van der Waals surface area contributed by atoms with Crippen LogP contribution >= 0.6 is 11.3 Å². The smallest absolute Gasteiger partial charge is 0.296 e. The quantitative estimate of drug-likeness (QED) is 0.523. The summed E-state index contributed by atoms with van der Waals surface area (Å²) in [4.78, 5) is 30.6. The fourth-order valence-corrected chi connectivity index (χ4v) is 3.57. The highest BCUT2D eigenvalue weighted by Gasteiger charge is 2.25. The van der Waals surface area contributed by atoms with Gasteiger partial charge in [0, 0.05) is 36.0 Å². The molecule has 1 aromatic heterocycles. The van der Waals surface area contributed by atoms with Crippen LogP contribution in [-0.2, 0) is 4.79 Å². The Morgan fingerprint density at radius 2 is 2.16 bits per heavy atom. The third-order valence-electron chi connectivity index (χ3n) is 3.97. The van der Waals surface area contributed by atoms with Crippen LogP contribution in [0.3, 0.4) is 0 Å². The van der Waals surface area contributed by atoms with Gasteiger partial charge in [0.25, 0.3) is 5.91 Å². The van der Waals surface area contributed by atoms with Crippen molar-refractivity contribution in [3.05, 3.63) is 46.5 Å². The van der Waals surface area contributed by atoms with Crippen molar-refractivity contribution in [2.24, 2.45) is 0 Å². The van der Waals surface area contributed by atoms with Crippen LogP contribution < -0.4 is 10.2 Å². The molecule has 0 bridgehead atoms. The van der Waals surface area contributed by atoms with Gasteiger partial charge in [0.15, 0.2) is 5.13 Å². The Bertz CT molecular complexity index is 863. The molecule has 1 aliphatic rings. The summed E-state index contributed by atoms with van der Waals surface area (Å²) < 4.78 is 0. The van der Waals surface area contributed by atoms with Gasteiger partial charge in [0.05, 0.1) is 5.69 Å². The number of hydrogen-bond acceptors (Lipinski definition) is 5. The van der Waals surface area contributed by atoms with E-state index in [1.807, 2.05) is 25.3 Å². The van der Waals surface area contributed by atoms with E-state index in [1.165, 1.54) is 0 Å². The Hall–Kier alpha value is -2.65. The third-order valence-corrected chi connectivity index (χ3v) is 4.99. The lowest BCUT2D eigenvalue weighted by molar-refractivity contribution is -0.116. The lowest BCUT2D eigenvalue weighted by atomic mass is 10.1. The summed E-state index contributed by atoms with van der Waals surface area (Å²) in [5.74, 6) is 4.07. The van der Waals surface area contributed by atoms with Gasteiger partial charge in [-0.25, -0.2) is 4.98 Å². The number of aryl methyl sites for hydroxylation is 2. The Morgan fingerprint density at radius 1 is 1.32 bits per heavy atom. The molecule has 25 heavy (non-hydrogen) atoms. The monoisotopic (exact) mass is 353 g/mol. The van der Waals surface area contributed by atoms with E-state index in [1.54, 1.807) is 29.5 Å². The summed E-state index contributed by atoms with van der Waals surface area (Å²) in [7, 11) is 0. The van der Waals surface area contributed by atoms with Gasteiger partial charge in [-0.1, -0.05) is 23.8 Å². The van der Waals surface area contributed by atoms with Crippen LogP contribution in [-0.4, -0.2) is 35.8 Å². The Balaban J connectivity index is 1.54. The molecule has 1 aliphatic heterocycles. The van der Waals surface area contributed by atoms with Crippen molar-refractivity contribution in [1.29, 1.82) is 0 Å². The van der Waals surface area contributed by atoms with E-state index >= 15 is 0 Å². The third kappa shape index (κ3) is 4.46. The van der Waals surface area contributed by atoms with Crippen LogP contribution in [0.25, 0.3) is 0 Å². The maximum atomic E-state index is 12.0. The largest absolute Gasteiger partial charge is 0.346 e. The Labute approximate surface area is 151 Å². The molecule has 3 rings (SSSR count). The van der Waals surface area contributed by atoms with E-state index in [2.05, 4.69) is 27.0 Å². The van der Waals surface area contributed by atoms with Crippen molar-refractivity contribution >= 4 is 28.2 Å². The molecule has 0 aliphatic carbocycles. The molecule has 1 atom stereocenters. The molecule has 1 unspecified atom stereocenters. The van der Waals surface area contributed by atoms with Gasteiger partial charge in [-0.3, -0.25) is 9.59 Å². The van der Waals surface area contributed by atoms with Crippen molar-refractivity contribution in [3.63, 3.8) is 0 Å². The first-order valence-electron chi connectivity index (χ1n) is 8.12. The second kappa shape index (κ2) is 7.49. The zero-order valence-corrected chi connectivity index (χ0v) is 15.0. The lowest BCUT2D eigenvalue weighted by Crippen LogP contribution is -2.36. The molecule has 0 radical (unpaired) electrons. The predicted octanol–water partition coefficient (Wildman–Crippen LogP) is 2.34. The zero-order valence-electron chi connectivity index (χ0n) is 14.2. The van der Waals surface area contributed by atoms with Gasteiger partial charge < -0.3 is 10.2 Å². The van der Waals surface area contributed by atoms with Gasteiger partial charge in [-0.15, -0.1) is 11.3 Å². The van der Waals surface area contributed by atoms with Crippen LogP contribution in [0.5, 0.6) is 0 Å². The highest BCUT2D eigenvalue weighted by atomic mass is 32.1. The summed E-state index contributed by atoms with van der Waals surface area (Å²) >= 11 is 1.61. The fraction of sp³-hybridized carbons (Fsp3) is 0.316. The number of rotatable bonds is 3. The molecule has 2 heterocycles. The highest BCUT2D eigenvalue weighted by Crippen LogP contribution is 2.24. The fourth-order valence-electron chi connectivity index (χ4n) is 2.73. The summed E-state index contributed by atoms with van der Waals surface area (Å²) in [6.45, 7) is 5.45. The standard InChI is InChI=1S/C19H19N3O2S/c1-13-4-3-5-15(10-13)17(23)6-7-18(24)21-16-8-9-22(11-16)19-20-14(2)12-25-19/h3-5,10,12,16H,8-9,11H2,1-2H3,(H,21,24). The van der Waals surface area contributed by atoms with E-state index < -0.39 is 5.91 Å². The van der Waals surface area contributed by atoms with Crippen LogP contribution in [0.4, 0.5) is 5.13 Å². The van der Waals surface area contributed by atoms with Gasteiger partial charge >= 0.3 is 0 Å². The molecule has 0 saturated carbocycles. The van der Waals surface area contributed by atoms with E-state index in [0.29, 0.717) is 12.1 Å². The second-order valence-electron chi connectivity index (χ2n) is 6.13. The molecule has 128 valence electrons. The number of nitrogens with one attached hydrogen (secondary N) is 1. The molecular weight excluding hydrogens is 334 g/mol. The molecule has 1 aromatic carbocycles. The molecule has 6 heteroatoms. The SMILES string of the molecule is Cc1cccc(C(=O)C#CC(=O)NC2CCN(c3nc(C)cs3)C2)c1. The summed E-state index contributed by atoms with van der Waals surface area (Å²) in [6.07, 6.45) is 0.845. The van der Waals surface area contributed by atoms with Crippen LogP contribution in [0.2, 0.25) is 0 Å². The minimum atomic E-state index is -0.414. The number of aromatic nitrogens is 1. The second-order valence-corrected chi connectivity index (χ2v) is 6.96. The summed E-state index contributed by atoms with van der Waals surface area (Å²) in [6, 6.07) is 7.21. The normalized spacial score (nSPS) is 16.2. The first kappa shape index (κ1) is 17.2. The summed E-state index contributed by atoms with van der Waals surface area (Å²) in [5, 5.41) is 5.87. The molecule has 0 spiro atoms. The van der Waals surface area contributed by atoms with Gasteiger partial charge in [0.1, 0.15) is 0 Å². The maximum Gasteiger partial charge on any atom is 0.296 e. The Kier molecular flexibility index (Phi) is 5.15. The van der Waals surface area contributed by atoms with E-state index in [4.69, 9.17) is 0 Å². The topological polar surface area (TPSA) is 62.3 Å². The van der Waals surface area contributed by atoms with Crippen molar-refractivity contribution in [1.82, 2.24) is 10.3 Å². The average molecular weight is 353 g/mol. The van der Waals surface area contributed by atoms with Crippen molar-refractivity contribution in [2.45, 2.75) is 26.3 Å². The molecule has 1 N–H and O–H groups in total. The minimum absolute atomic E-state index is 0.0278. The molecule has 1 saturated heterocycles. The van der Waals surface area contributed by atoms with Gasteiger partial charge in [0.2, 0.25) is 5.78 Å². The zero-order chi connectivity index (χ0) is 17.8. The van der Waals surface area contributed by atoms with Crippen molar-refractivity contribution < 1.29 is 9.59 Å². The number of hydrogen-bond donors (Lipinski definition) is 1. The maximum absolute atomic E-state index is 12.0. The number of ketones is 1. The molecule has 1 amide bonds. The van der Waals surface area contributed by atoms with Gasteiger partial charge in [-0.2, -0.15) is 0 Å². The number of nitrogens with zero attached hydrogens (tertiary/aromatic N) is 2. The van der Waals surface area contributed by atoms with Crippen LogP contribution in [0, 0.1) is 25.7 Å². The first-order valence-corrected chi connectivity index (χ1v) is 9.00. The Morgan fingerprint density at radius 3 is 2.88 bits per heavy atom. The molecule has 1 fully saturated rings. The lowest BCUT2D eigenvalue weighted by Gasteiger charge is -2.14. The minimum Gasteiger partial charge on any atom is -0.346 e. The highest BCUT2D eigenvalue weighted by molar-refractivity contribution is 7.13. The van der Waals surface area contributed by atoms with E-state index in [9.17, 15) is 9.59 Å². The van der Waals surface area contributed by atoms with E-state index in [0.717, 1.165) is 29.4 Å². The van der Waals surface area contributed by atoms with Crippen LogP contribution in [0.1, 0.15) is 28.0 Å². The van der Waals surface area contributed by atoms with Gasteiger partial charge in [-0.05, 0) is 32.3 Å². The predicted molar refractivity (Wildman–Crippen MR) is 98.9 cm³/mol. The molecule has 5 nitrogen and oxygen atoms in total. The van der Waals surface area contributed by atoms with E-state index in [-0.39, 0.29) is 11.8 Å². The van der Waals surface area contributed by atoms with Crippen molar-refractivity contribution in [3.8, 4) is 11.8 Å². The number of thiazole rings is 1. The molecule has 2 aromatic rings. The number of anilines is 1. The summed E-state index contributed by atoms with van der Waals surface area (Å²) in [5.41, 5.74) is 2.50. The number of amides is 1. The number of carbonyl (C=O) groups is 2. The number of Topliss-reactive ketones (excluding diaryl/α,β-unsaturated/α-hetero) is 1. The number of benzene rings is 1. The van der Waals surface area contributed by atoms with Crippen molar-refractivity contribution in [2.75, 3.05) is 18.0 Å². The average Bonchev–Trinajstić information content (AvgIpc) is 3.21. The molecular formula is C19H19N3O2S. The number of carbonyl (C=O) groups excluding carboxylic acids is 2. The van der Waals surface area contributed by atoms with Crippen LogP contribution in [0.15, 0.2) is 29.6 Å². The first-order chi connectivity index (χ1) is 12.0.